The van der Waals surface area contributed by atoms with Gasteiger partial charge in [0.1, 0.15) is 0 Å². The Hall–Kier alpha value is -0.0400. The molecule has 0 bridgehead atoms. The average Bonchev–Trinajstić information content (AvgIpc) is 2.70. The van der Waals surface area contributed by atoms with Crippen LogP contribution in [0.25, 0.3) is 0 Å². The van der Waals surface area contributed by atoms with E-state index in [0.29, 0.717) is 5.54 Å². The fourth-order valence-electron chi connectivity index (χ4n) is 4.56. The summed E-state index contributed by atoms with van der Waals surface area (Å²) < 4.78 is 0. The van der Waals surface area contributed by atoms with Gasteiger partial charge >= 0.3 is 0 Å². The number of unbranched alkanes of at least 4 members (excludes halogenated alkanes) is 18. The molecule has 0 saturated heterocycles. The van der Waals surface area contributed by atoms with Crippen molar-refractivity contribution < 1.29 is 0 Å². The van der Waals surface area contributed by atoms with Crippen LogP contribution in [0.2, 0.25) is 0 Å². The van der Waals surface area contributed by atoms with Crippen molar-refractivity contribution in [3.8, 4) is 0 Å². The zero-order valence-corrected chi connectivity index (χ0v) is 21.5. The molecular weight excluding hydrogens is 350 g/mol. The van der Waals surface area contributed by atoms with Crippen molar-refractivity contribution in [3.05, 3.63) is 0 Å². The second-order valence-corrected chi connectivity index (χ2v) is 10.3. The highest BCUT2D eigenvalue weighted by Gasteiger charge is 2.25. The van der Waals surface area contributed by atoms with Crippen LogP contribution in [0.15, 0.2) is 0 Å². The van der Waals surface area contributed by atoms with Crippen LogP contribution in [0.3, 0.4) is 0 Å². The Kier molecular flexibility index (Phi) is 21.2. The molecule has 0 unspecified atom stereocenters. The van der Waals surface area contributed by atoms with Crippen molar-refractivity contribution in [2.75, 3.05) is 14.1 Å². The highest BCUT2D eigenvalue weighted by atomic mass is 15.1. The fourth-order valence-corrected chi connectivity index (χ4v) is 4.56. The molecule has 0 heterocycles. The molecule has 0 fully saturated rings. The summed E-state index contributed by atoms with van der Waals surface area (Å²) in [5.41, 5.74) is 0.417. The molecule has 0 saturated carbocycles. The van der Waals surface area contributed by atoms with Gasteiger partial charge in [-0.3, -0.25) is 0 Å². The molecule has 0 N–H and O–H groups in total. The van der Waals surface area contributed by atoms with Crippen molar-refractivity contribution in [1.82, 2.24) is 4.90 Å². The largest absolute Gasteiger partial charge is 0.304 e. The van der Waals surface area contributed by atoms with E-state index in [4.69, 9.17) is 0 Å². The molecule has 1 heteroatoms. The van der Waals surface area contributed by atoms with Crippen LogP contribution in [0, 0.1) is 0 Å². The van der Waals surface area contributed by atoms with Gasteiger partial charge in [-0.2, -0.15) is 0 Å². The Morgan fingerprint density at radius 1 is 0.414 bits per heavy atom. The van der Waals surface area contributed by atoms with Gasteiger partial charge in [-0.15, -0.1) is 0 Å². The molecule has 1 nitrogen and oxygen atoms in total. The standard InChI is InChI=1S/C28H59N/c1-6-8-10-12-14-16-18-20-22-24-26-28(3,29(4)5)27-25-23-21-19-17-15-13-11-9-7-2/h6-27H2,1-5H3. The number of hydrogen-bond donors (Lipinski definition) is 0. The average molecular weight is 410 g/mol. The smallest absolute Gasteiger partial charge is 0.0175 e. The van der Waals surface area contributed by atoms with Crippen molar-refractivity contribution >= 4 is 0 Å². The maximum atomic E-state index is 2.51. The number of rotatable bonds is 23. The zero-order valence-electron chi connectivity index (χ0n) is 21.5. The fraction of sp³-hybridized carbons (Fsp3) is 1.00. The summed E-state index contributed by atoms with van der Waals surface area (Å²) in [5, 5.41) is 0. The molecule has 0 aromatic rings. The summed E-state index contributed by atoms with van der Waals surface area (Å²) in [6.07, 6.45) is 31.6. The van der Waals surface area contributed by atoms with Gasteiger partial charge in [0.05, 0.1) is 0 Å². The van der Waals surface area contributed by atoms with Gasteiger partial charge in [0, 0.05) is 5.54 Å². The van der Waals surface area contributed by atoms with Crippen LogP contribution in [0.1, 0.15) is 162 Å². The zero-order chi connectivity index (χ0) is 21.6. The van der Waals surface area contributed by atoms with Gasteiger partial charge in [0.2, 0.25) is 0 Å². The highest BCUT2D eigenvalue weighted by molar-refractivity contribution is 4.82. The summed E-state index contributed by atoms with van der Waals surface area (Å²) in [7, 11) is 4.60. The van der Waals surface area contributed by atoms with Crippen molar-refractivity contribution in [2.24, 2.45) is 0 Å². The lowest BCUT2D eigenvalue weighted by molar-refractivity contribution is 0.139. The molecule has 0 rings (SSSR count). The van der Waals surface area contributed by atoms with Gasteiger partial charge in [0.15, 0.2) is 0 Å². The van der Waals surface area contributed by atoms with E-state index in [1.165, 1.54) is 141 Å². The first-order chi connectivity index (χ1) is 14.1. The third kappa shape index (κ3) is 18.4. The van der Waals surface area contributed by atoms with E-state index in [2.05, 4.69) is 39.8 Å². The van der Waals surface area contributed by atoms with Gasteiger partial charge in [-0.1, -0.05) is 142 Å². The predicted octanol–water partition coefficient (Wildman–Crippen LogP) is 9.93. The third-order valence-corrected chi connectivity index (χ3v) is 7.22. The monoisotopic (exact) mass is 409 g/mol. The van der Waals surface area contributed by atoms with E-state index in [1.807, 2.05) is 0 Å². The SMILES string of the molecule is CCCCCCCCCCCCC(C)(CCCCCCCCCCCC)N(C)C. The Bertz CT molecular complexity index is 285. The van der Waals surface area contributed by atoms with E-state index in [-0.39, 0.29) is 0 Å². The first kappa shape index (κ1) is 29.0. The second-order valence-electron chi connectivity index (χ2n) is 10.3. The molecule has 0 aromatic heterocycles. The quantitative estimate of drug-likeness (QED) is 0.152. The van der Waals surface area contributed by atoms with Crippen LogP contribution < -0.4 is 0 Å². The molecule has 0 amide bonds. The molecule has 0 spiro atoms. The van der Waals surface area contributed by atoms with E-state index >= 15 is 0 Å². The topological polar surface area (TPSA) is 3.24 Å². The molecule has 0 aliphatic carbocycles. The van der Waals surface area contributed by atoms with E-state index in [1.54, 1.807) is 0 Å². The molecule has 0 atom stereocenters. The summed E-state index contributed by atoms with van der Waals surface area (Å²) in [6.45, 7) is 7.12. The normalized spacial score (nSPS) is 12.2. The van der Waals surface area contributed by atoms with Gasteiger partial charge in [-0.25, -0.2) is 0 Å². The van der Waals surface area contributed by atoms with Crippen LogP contribution in [0.5, 0.6) is 0 Å². The lowest BCUT2D eigenvalue weighted by Gasteiger charge is -2.37. The molecule has 0 radical (unpaired) electrons. The minimum Gasteiger partial charge on any atom is -0.304 e. The van der Waals surface area contributed by atoms with Gasteiger partial charge < -0.3 is 4.90 Å². The predicted molar refractivity (Wildman–Crippen MR) is 135 cm³/mol. The third-order valence-electron chi connectivity index (χ3n) is 7.22. The van der Waals surface area contributed by atoms with Crippen LogP contribution in [0.4, 0.5) is 0 Å². The lowest BCUT2D eigenvalue weighted by atomic mass is 9.87. The molecule has 176 valence electrons. The summed E-state index contributed by atoms with van der Waals surface area (Å²) in [6, 6.07) is 0. The second kappa shape index (κ2) is 21.2. The maximum absolute atomic E-state index is 2.51. The molecular formula is C28H59N. The van der Waals surface area contributed by atoms with E-state index in [9.17, 15) is 0 Å². The molecule has 0 aliphatic heterocycles. The van der Waals surface area contributed by atoms with Crippen LogP contribution in [-0.2, 0) is 0 Å². The Morgan fingerprint density at radius 2 is 0.655 bits per heavy atom. The number of nitrogens with zero attached hydrogens (tertiary/aromatic N) is 1. The lowest BCUT2D eigenvalue weighted by Crippen LogP contribution is -2.41. The van der Waals surface area contributed by atoms with Crippen LogP contribution in [-0.4, -0.2) is 24.5 Å². The maximum Gasteiger partial charge on any atom is 0.0175 e. The van der Waals surface area contributed by atoms with Gasteiger partial charge in [0.25, 0.3) is 0 Å². The summed E-state index contributed by atoms with van der Waals surface area (Å²) in [5.74, 6) is 0. The summed E-state index contributed by atoms with van der Waals surface area (Å²) >= 11 is 0. The molecule has 0 aliphatic rings. The van der Waals surface area contributed by atoms with Crippen molar-refractivity contribution in [3.63, 3.8) is 0 Å². The first-order valence-corrected chi connectivity index (χ1v) is 13.7. The Labute approximate surface area is 186 Å². The van der Waals surface area contributed by atoms with Crippen molar-refractivity contribution in [1.29, 1.82) is 0 Å². The van der Waals surface area contributed by atoms with E-state index < -0.39 is 0 Å². The molecule has 29 heavy (non-hydrogen) atoms. The highest BCUT2D eigenvalue weighted by Crippen LogP contribution is 2.27. The van der Waals surface area contributed by atoms with Gasteiger partial charge in [-0.05, 0) is 33.9 Å². The minimum atomic E-state index is 0.417. The van der Waals surface area contributed by atoms with Crippen LogP contribution >= 0.6 is 0 Å². The van der Waals surface area contributed by atoms with Crippen molar-refractivity contribution in [2.45, 2.75) is 168 Å². The van der Waals surface area contributed by atoms with E-state index in [0.717, 1.165) is 0 Å². The molecule has 0 aromatic carbocycles. The summed E-state index contributed by atoms with van der Waals surface area (Å²) in [4.78, 5) is 2.51. The minimum absolute atomic E-state index is 0.417. The number of hydrogen-bond acceptors (Lipinski definition) is 1. The Morgan fingerprint density at radius 3 is 0.897 bits per heavy atom. The first-order valence-electron chi connectivity index (χ1n) is 13.7. The Balaban J connectivity index is 3.64.